The third kappa shape index (κ3) is 2.34. The van der Waals surface area contributed by atoms with Gasteiger partial charge in [-0.3, -0.25) is 0 Å². The van der Waals surface area contributed by atoms with Crippen LogP contribution in [0.4, 0.5) is 0 Å². The molecule has 0 amide bonds. The predicted octanol–water partition coefficient (Wildman–Crippen LogP) is 9.04. The van der Waals surface area contributed by atoms with E-state index < -0.39 is 0 Å². The van der Waals surface area contributed by atoms with Crippen LogP contribution in [-0.4, -0.2) is 8.65 Å². The molecule has 0 saturated heterocycles. The summed E-state index contributed by atoms with van der Waals surface area (Å²) in [6.07, 6.45) is 28.8. The normalized spacial score (nSPS) is 69.9. The van der Waals surface area contributed by atoms with E-state index >= 15 is 0 Å². The van der Waals surface area contributed by atoms with Crippen molar-refractivity contribution in [3.05, 3.63) is 0 Å². The summed E-state index contributed by atoms with van der Waals surface area (Å²) >= 11 is 8.84. The van der Waals surface area contributed by atoms with Crippen molar-refractivity contribution in [1.29, 1.82) is 0 Å². The highest BCUT2D eigenvalue weighted by atomic mass is 79.9. The first-order chi connectivity index (χ1) is 15.2. The summed E-state index contributed by atoms with van der Waals surface area (Å²) in [5, 5.41) is 0. The second kappa shape index (κ2) is 5.75. The van der Waals surface area contributed by atoms with Gasteiger partial charge in [0.1, 0.15) is 0 Å². The van der Waals surface area contributed by atoms with Gasteiger partial charge >= 0.3 is 0 Å². The quantitative estimate of drug-likeness (QED) is 0.295. The van der Waals surface area contributed by atoms with E-state index in [1.807, 2.05) is 0 Å². The number of hydrogen-bond acceptors (Lipinski definition) is 0. The molecule has 4 atom stereocenters. The van der Waals surface area contributed by atoms with Gasteiger partial charge in [0.15, 0.2) is 0 Å². The molecule has 12 rings (SSSR count). The van der Waals surface area contributed by atoms with Crippen LogP contribution in [0.5, 0.6) is 0 Å². The fraction of sp³-hybridized carbons (Fsp3) is 1.00. The SMILES string of the molecule is BrC12CC3CC(C1)CC(C14CC5CC(C1)CC(C16CC7CC(CC(Br)(C7)C1)C6)(C5)C4)(C3)C2. The molecule has 4 unspecified atom stereocenters. The molecule has 0 aromatic carbocycles. The highest BCUT2D eigenvalue weighted by Gasteiger charge is 2.74. The minimum Gasteiger partial charge on any atom is -0.0853 e. The Hall–Kier alpha value is 0.960. The van der Waals surface area contributed by atoms with Gasteiger partial charge in [0, 0.05) is 8.65 Å². The Morgan fingerprint density at radius 2 is 0.594 bits per heavy atom. The largest absolute Gasteiger partial charge is 0.0853 e. The zero-order chi connectivity index (χ0) is 21.2. The molecule has 2 heteroatoms. The molecule has 12 aliphatic rings. The summed E-state index contributed by atoms with van der Waals surface area (Å²) in [7, 11) is 0. The van der Waals surface area contributed by atoms with Gasteiger partial charge in [-0.15, -0.1) is 0 Å². The lowest BCUT2D eigenvalue weighted by Crippen LogP contribution is -2.69. The van der Waals surface area contributed by atoms with Crippen molar-refractivity contribution in [2.24, 2.45) is 57.2 Å². The summed E-state index contributed by atoms with van der Waals surface area (Å²) in [5.41, 5.74) is 2.91. The molecule has 0 aromatic rings. The Bertz CT molecular complexity index is 777. The summed E-state index contributed by atoms with van der Waals surface area (Å²) in [5.74, 6) is 6.43. The number of hydrogen-bond donors (Lipinski definition) is 0. The molecule has 12 aliphatic carbocycles. The van der Waals surface area contributed by atoms with E-state index in [0.717, 1.165) is 57.2 Å². The van der Waals surface area contributed by atoms with E-state index in [2.05, 4.69) is 31.9 Å². The topological polar surface area (TPSA) is 0 Å². The van der Waals surface area contributed by atoms with Crippen molar-refractivity contribution in [2.45, 2.75) is 124 Å². The Balaban J connectivity index is 1.16. The first-order valence-corrected chi connectivity index (χ1v) is 16.2. The van der Waals surface area contributed by atoms with E-state index in [4.69, 9.17) is 0 Å². The molecule has 12 fully saturated rings. The van der Waals surface area contributed by atoms with Crippen LogP contribution in [0.25, 0.3) is 0 Å². The van der Waals surface area contributed by atoms with Crippen LogP contribution >= 0.6 is 31.9 Å². The van der Waals surface area contributed by atoms with Crippen molar-refractivity contribution in [2.75, 3.05) is 0 Å². The van der Waals surface area contributed by atoms with Crippen LogP contribution in [0.1, 0.15) is 116 Å². The molecule has 0 N–H and O–H groups in total. The zero-order valence-corrected chi connectivity index (χ0v) is 23.1. The molecular weight excluding hydrogens is 520 g/mol. The molecule has 0 aliphatic heterocycles. The lowest BCUT2D eigenvalue weighted by Gasteiger charge is -2.77. The number of alkyl halides is 2. The van der Waals surface area contributed by atoms with Crippen LogP contribution in [0.15, 0.2) is 0 Å². The fourth-order valence-electron chi connectivity index (χ4n) is 15.0. The van der Waals surface area contributed by atoms with E-state index in [1.165, 1.54) is 25.7 Å². The van der Waals surface area contributed by atoms with Crippen LogP contribution < -0.4 is 0 Å². The van der Waals surface area contributed by atoms with E-state index in [0.29, 0.717) is 8.65 Å². The maximum atomic E-state index is 4.42. The van der Waals surface area contributed by atoms with Gasteiger partial charge in [0.25, 0.3) is 0 Å². The highest BCUT2D eigenvalue weighted by molar-refractivity contribution is 9.10. The fourth-order valence-corrected chi connectivity index (χ4v) is 18.0. The van der Waals surface area contributed by atoms with Gasteiger partial charge in [0.2, 0.25) is 0 Å². The van der Waals surface area contributed by atoms with E-state index in [9.17, 15) is 0 Å². The molecule has 32 heavy (non-hydrogen) atoms. The third-order valence-electron chi connectivity index (χ3n) is 14.3. The van der Waals surface area contributed by atoms with Crippen molar-refractivity contribution in [3.63, 3.8) is 0 Å². The Kier molecular flexibility index (Phi) is 3.61. The molecule has 0 heterocycles. The zero-order valence-electron chi connectivity index (χ0n) is 19.9. The first kappa shape index (κ1) is 20.1. The van der Waals surface area contributed by atoms with Gasteiger partial charge < -0.3 is 0 Å². The van der Waals surface area contributed by atoms with E-state index in [1.54, 1.807) is 89.9 Å². The van der Waals surface area contributed by atoms with E-state index in [-0.39, 0.29) is 0 Å². The second-order valence-electron chi connectivity index (χ2n) is 16.3. The molecule has 0 spiro atoms. The van der Waals surface area contributed by atoms with Crippen LogP contribution in [-0.2, 0) is 0 Å². The van der Waals surface area contributed by atoms with Crippen LogP contribution in [0.2, 0.25) is 0 Å². The smallest absolute Gasteiger partial charge is 0.0268 e. The Labute approximate surface area is 212 Å². The number of rotatable bonds is 2. The van der Waals surface area contributed by atoms with Crippen molar-refractivity contribution < 1.29 is 0 Å². The average Bonchev–Trinajstić information content (AvgIpc) is 2.63. The molecule has 12 bridgehead atoms. The Morgan fingerprint density at radius 3 is 0.875 bits per heavy atom. The predicted molar refractivity (Wildman–Crippen MR) is 137 cm³/mol. The molecular formula is C30H42Br2. The molecule has 0 aromatic heterocycles. The first-order valence-electron chi connectivity index (χ1n) is 14.6. The van der Waals surface area contributed by atoms with Gasteiger partial charge in [0.05, 0.1) is 0 Å². The summed E-state index contributed by atoms with van der Waals surface area (Å²) < 4.78 is 1.07. The highest BCUT2D eigenvalue weighted by Crippen LogP contribution is 2.83. The maximum absolute atomic E-state index is 4.42. The Morgan fingerprint density at radius 1 is 0.344 bits per heavy atom. The second-order valence-corrected chi connectivity index (χ2v) is 19.7. The van der Waals surface area contributed by atoms with Crippen LogP contribution in [0, 0.1) is 57.2 Å². The van der Waals surface area contributed by atoms with Crippen LogP contribution in [0.3, 0.4) is 0 Å². The molecule has 12 saturated carbocycles. The van der Waals surface area contributed by atoms with Crippen molar-refractivity contribution in [3.8, 4) is 0 Å². The molecule has 176 valence electrons. The lowest BCUT2D eigenvalue weighted by molar-refractivity contribution is -0.262. The summed E-state index contributed by atoms with van der Waals surface area (Å²) in [6.45, 7) is 0. The van der Waals surface area contributed by atoms with Crippen molar-refractivity contribution >= 4 is 31.9 Å². The third-order valence-corrected chi connectivity index (χ3v) is 16.1. The van der Waals surface area contributed by atoms with Gasteiger partial charge in [-0.05, 0) is 173 Å². The maximum Gasteiger partial charge on any atom is 0.0268 e. The van der Waals surface area contributed by atoms with Gasteiger partial charge in [-0.2, -0.15) is 0 Å². The van der Waals surface area contributed by atoms with Gasteiger partial charge in [-0.1, -0.05) is 31.9 Å². The summed E-state index contributed by atoms with van der Waals surface area (Å²) in [4.78, 5) is 0. The standard InChI is InChI=1S/C30H42Br2/c31-29-12-21-2-22(13-29)9-27(8-21,17-29)25-4-19-1-20(5-25)7-26(6-19,16-25)28-10-23-3-24(11-28)15-30(32,14-23)18-28/h19-24H,1-18H2. The molecule has 0 nitrogen and oxygen atoms in total. The van der Waals surface area contributed by atoms with Gasteiger partial charge in [-0.25, -0.2) is 0 Å². The average molecular weight is 562 g/mol. The molecule has 0 radical (unpaired) electrons. The lowest BCUT2D eigenvalue weighted by atomic mass is 9.28. The summed E-state index contributed by atoms with van der Waals surface area (Å²) in [6, 6.07) is 0. The number of halogens is 2. The minimum atomic E-state index is 0.536. The monoisotopic (exact) mass is 560 g/mol. The minimum absolute atomic E-state index is 0.536. The van der Waals surface area contributed by atoms with Crippen molar-refractivity contribution in [1.82, 2.24) is 0 Å².